The molecule has 0 saturated carbocycles. The number of ether oxygens (including phenoxy) is 1. The number of nitrogens with zero attached hydrogens (tertiary/aromatic N) is 2. The van der Waals surface area contributed by atoms with Crippen LogP contribution in [0.1, 0.15) is 30.7 Å². The standard InChI is InChI=1S/C15H28N4O2S.HI/c1-5-16-15(19-8-14-17-6-12(4)22-14)18-7-13(20)10-21-9-11(2)3;/h6,11,13,20H,5,7-10H2,1-4H3,(H2,16,18,19);1H. The van der Waals surface area contributed by atoms with E-state index < -0.39 is 6.10 Å². The number of halogens is 1. The van der Waals surface area contributed by atoms with Crippen LogP contribution in [0.2, 0.25) is 0 Å². The van der Waals surface area contributed by atoms with Gasteiger partial charge < -0.3 is 20.5 Å². The Morgan fingerprint density at radius 1 is 1.39 bits per heavy atom. The van der Waals surface area contributed by atoms with Crippen molar-refractivity contribution in [2.75, 3.05) is 26.3 Å². The molecule has 0 spiro atoms. The summed E-state index contributed by atoms with van der Waals surface area (Å²) in [6, 6.07) is 0. The molecule has 6 nitrogen and oxygen atoms in total. The van der Waals surface area contributed by atoms with Crippen LogP contribution >= 0.6 is 35.3 Å². The van der Waals surface area contributed by atoms with Crippen LogP contribution in [0.4, 0.5) is 0 Å². The summed E-state index contributed by atoms with van der Waals surface area (Å²) in [6.07, 6.45) is 1.30. The number of aliphatic imine (C=N–C) groups is 1. The molecule has 23 heavy (non-hydrogen) atoms. The van der Waals surface area contributed by atoms with Gasteiger partial charge in [0.15, 0.2) is 5.96 Å². The van der Waals surface area contributed by atoms with Gasteiger partial charge in [-0.3, -0.25) is 0 Å². The number of aryl methyl sites for hydroxylation is 1. The molecule has 1 aromatic rings. The van der Waals surface area contributed by atoms with Crippen molar-refractivity contribution in [2.45, 2.75) is 40.3 Å². The number of hydrogen-bond donors (Lipinski definition) is 3. The lowest BCUT2D eigenvalue weighted by molar-refractivity contribution is 0.0280. The molecule has 0 bridgehead atoms. The molecule has 8 heteroatoms. The second kappa shape index (κ2) is 12.9. The van der Waals surface area contributed by atoms with Crippen molar-refractivity contribution in [3.63, 3.8) is 0 Å². The van der Waals surface area contributed by atoms with Crippen LogP contribution in [-0.4, -0.2) is 48.5 Å². The summed E-state index contributed by atoms with van der Waals surface area (Å²) in [4.78, 5) is 9.94. The number of rotatable bonds is 9. The number of thiazole rings is 1. The monoisotopic (exact) mass is 456 g/mol. The summed E-state index contributed by atoms with van der Waals surface area (Å²) >= 11 is 1.64. The first kappa shape index (κ1) is 22.6. The minimum absolute atomic E-state index is 0. The highest BCUT2D eigenvalue weighted by Crippen LogP contribution is 2.11. The van der Waals surface area contributed by atoms with Crippen LogP contribution in [0.5, 0.6) is 0 Å². The van der Waals surface area contributed by atoms with Crippen LogP contribution in [-0.2, 0) is 11.3 Å². The molecular weight excluding hydrogens is 427 g/mol. The zero-order valence-electron chi connectivity index (χ0n) is 14.3. The lowest BCUT2D eigenvalue weighted by Crippen LogP contribution is -2.42. The van der Waals surface area contributed by atoms with Gasteiger partial charge in [-0.1, -0.05) is 13.8 Å². The predicted molar refractivity (Wildman–Crippen MR) is 107 cm³/mol. The molecule has 1 unspecified atom stereocenters. The van der Waals surface area contributed by atoms with E-state index in [1.807, 2.05) is 20.0 Å². The highest BCUT2D eigenvalue weighted by atomic mass is 127. The van der Waals surface area contributed by atoms with E-state index in [9.17, 15) is 5.11 Å². The summed E-state index contributed by atoms with van der Waals surface area (Å²) in [6.45, 7) is 10.9. The molecule has 1 heterocycles. The molecule has 0 fully saturated rings. The number of nitrogens with one attached hydrogen (secondary N) is 2. The van der Waals surface area contributed by atoms with Crippen molar-refractivity contribution in [3.8, 4) is 0 Å². The Morgan fingerprint density at radius 3 is 2.70 bits per heavy atom. The third-order valence-corrected chi connectivity index (χ3v) is 3.55. The predicted octanol–water partition coefficient (Wildman–Crippen LogP) is 2.16. The van der Waals surface area contributed by atoms with E-state index in [0.29, 0.717) is 38.2 Å². The van der Waals surface area contributed by atoms with E-state index in [1.54, 1.807) is 11.3 Å². The fraction of sp³-hybridized carbons (Fsp3) is 0.733. The van der Waals surface area contributed by atoms with E-state index >= 15 is 0 Å². The fourth-order valence-electron chi connectivity index (χ4n) is 1.68. The summed E-state index contributed by atoms with van der Waals surface area (Å²) in [7, 11) is 0. The van der Waals surface area contributed by atoms with Crippen LogP contribution in [0.15, 0.2) is 11.2 Å². The van der Waals surface area contributed by atoms with Gasteiger partial charge in [-0.25, -0.2) is 9.98 Å². The minimum atomic E-state index is -0.551. The van der Waals surface area contributed by atoms with E-state index in [1.165, 1.54) is 4.88 Å². The first-order valence-electron chi connectivity index (χ1n) is 7.70. The number of aliphatic hydroxyl groups is 1. The van der Waals surface area contributed by atoms with E-state index in [4.69, 9.17) is 4.74 Å². The normalized spacial score (nSPS) is 12.9. The van der Waals surface area contributed by atoms with Gasteiger partial charge in [0.1, 0.15) is 5.01 Å². The smallest absolute Gasteiger partial charge is 0.191 e. The largest absolute Gasteiger partial charge is 0.389 e. The number of aromatic nitrogens is 1. The van der Waals surface area contributed by atoms with Crippen LogP contribution in [0, 0.1) is 12.8 Å². The highest BCUT2D eigenvalue weighted by molar-refractivity contribution is 14.0. The van der Waals surface area contributed by atoms with Crippen molar-refractivity contribution < 1.29 is 9.84 Å². The molecule has 0 radical (unpaired) electrons. The molecule has 0 aliphatic rings. The van der Waals surface area contributed by atoms with Crippen molar-refractivity contribution >= 4 is 41.3 Å². The van der Waals surface area contributed by atoms with Gasteiger partial charge in [-0.2, -0.15) is 0 Å². The molecule has 134 valence electrons. The third-order valence-electron chi connectivity index (χ3n) is 2.65. The maximum atomic E-state index is 9.89. The van der Waals surface area contributed by atoms with Crippen LogP contribution < -0.4 is 10.6 Å². The second-order valence-corrected chi connectivity index (χ2v) is 6.85. The topological polar surface area (TPSA) is 78.8 Å². The van der Waals surface area contributed by atoms with Crippen molar-refractivity contribution in [1.82, 2.24) is 15.6 Å². The third kappa shape index (κ3) is 10.9. The SMILES string of the molecule is CCNC(=NCc1ncc(C)s1)NCC(O)COCC(C)C.I. The fourth-order valence-corrected chi connectivity index (χ4v) is 2.39. The lowest BCUT2D eigenvalue weighted by atomic mass is 10.2. The Balaban J connectivity index is 0.00000484. The number of aliphatic hydroxyl groups excluding tert-OH is 1. The summed E-state index contributed by atoms with van der Waals surface area (Å²) in [5.74, 6) is 1.15. The van der Waals surface area contributed by atoms with Crippen LogP contribution in [0.3, 0.4) is 0 Å². The molecule has 1 rings (SSSR count). The minimum Gasteiger partial charge on any atom is -0.389 e. The lowest BCUT2D eigenvalue weighted by Gasteiger charge is -2.16. The Morgan fingerprint density at radius 2 is 2.13 bits per heavy atom. The Bertz CT molecular complexity index is 454. The molecule has 0 amide bonds. The van der Waals surface area contributed by atoms with Gasteiger partial charge in [-0.05, 0) is 19.8 Å². The number of hydrogen-bond acceptors (Lipinski definition) is 5. The summed E-state index contributed by atoms with van der Waals surface area (Å²) in [5, 5.41) is 17.1. The van der Waals surface area contributed by atoms with Crippen LogP contribution in [0.25, 0.3) is 0 Å². The van der Waals surface area contributed by atoms with Gasteiger partial charge in [0.25, 0.3) is 0 Å². The molecular formula is C15H29IN4O2S. The first-order chi connectivity index (χ1) is 10.5. The Kier molecular flexibility index (Phi) is 12.7. The molecule has 1 aromatic heterocycles. The molecule has 3 N–H and O–H groups in total. The van der Waals surface area contributed by atoms with Gasteiger partial charge in [0, 0.05) is 30.8 Å². The average Bonchev–Trinajstić information content (AvgIpc) is 2.87. The van der Waals surface area contributed by atoms with Gasteiger partial charge in [0.2, 0.25) is 0 Å². The van der Waals surface area contributed by atoms with Gasteiger partial charge in [0.05, 0.1) is 19.3 Å². The molecule has 0 saturated heterocycles. The molecule has 0 aliphatic heterocycles. The molecule has 1 atom stereocenters. The molecule has 0 aliphatic carbocycles. The van der Waals surface area contributed by atoms with Crippen molar-refractivity contribution in [2.24, 2.45) is 10.9 Å². The summed E-state index contributed by atoms with van der Waals surface area (Å²) < 4.78 is 5.42. The Labute approximate surface area is 160 Å². The van der Waals surface area contributed by atoms with Gasteiger partial charge in [-0.15, -0.1) is 35.3 Å². The highest BCUT2D eigenvalue weighted by Gasteiger charge is 2.07. The van der Waals surface area contributed by atoms with E-state index in [0.717, 1.165) is 11.6 Å². The van der Waals surface area contributed by atoms with Crippen molar-refractivity contribution in [1.29, 1.82) is 0 Å². The van der Waals surface area contributed by atoms with Gasteiger partial charge >= 0.3 is 0 Å². The quantitative estimate of drug-likeness (QED) is 0.302. The maximum Gasteiger partial charge on any atom is 0.191 e. The number of guanidine groups is 1. The zero-order chi connectivity index (χ0) is 16.4. The summed E-state index contributed by atoms with van der Waals surface area (Å²) in [5.41, 5.74) is 0. The maximum absolute atomic E-state index is 9.89. The van der Waals surface area contributed by atoms with E-state index in [-0.39, 0.29) is 24.0 Å². The van der Waals surface area contributed by atoms with E-state index in [2.05, 4.69) is 34.5 Å². The average molecular weight is 456 g/mol. The molecule has 0 aromatic carbocycles. The Hall–Kier alpha value is -0.450. The van der Waals surface area contributed by atoms with Crippen molar-refractivity contribution in [3.05, 3.63) is 16.1 Å². The zero-order valence-corrected chi connectivity index (χ0v) is 17.5. The first-order valence-corrected chi connectivity index (χ1v) is 8.52. The second-order valence-electron chi connectivity index (χ2n) is 5.53.